The Hall–Kier alpha value is -2.98. The van der Waals surface area contributed by atoms with Crippen LogP contribution in [0.1, 0.15) is 12.5 Å². The third-order valence-electron chi connectivity index (χ3n) is 4.41. The molecular formula is C21H22N2O6S2. The van der Waals surface area contributed by atoms with Gasteiger partial charge in [-0.15, -0.1) is 0 Å². The topological polar surface area (TPSA) is 104 Å². The fourth-order valence-electron chi connectivity index (χ4n) is 2.93. The zero-order valence-electron chi connectivity index (χ0n) is 17.3. The highest BCUT2D eigenvalue weighted by Gasteiger charge is 2.14. The minimum atomic E-state index is -3.30. The Bertz CT molecular complexity index is 1290. The molecule has 0 aliphatic heterocycles. The Labute approximate surface area is 183 Å². The molecule has 2 aromatic carbocycles. The van der Waals surface area contributed by atoms with E-state index in [1.165, 1.54) is 23.5 Å². The number of thiazole rings is 1. The zero-order chi connectivity index (χ0) is 22.6. The molecular weight excluding hydrogens is 440 g/mol. The van der Waals surface area contributed by atoms with Gasteiger partial charge in [-0.25, -0.2) is 8.42 Å². The predicted molar refractivity (Wildman–Crippen MR) is 117 cm³/mol. The van der Waals surface area contributed by atoms with Crippen LogP contribution in [0.25, 0.3) is 10.2 Å². The molecule has 0 saturated carbocycles. The van der Waals surface area contributed by atoms with Gasteiger partial charge in [-0.1, -0.05) is 23.5 Å². The number of rotatable bonds is 7. The van der Waals surface area contributed by atoms with Crippen LogP contribution in [0.2, 0.25) is 0 Å². The molecule has 0 aliphatic rings. The lowest BCUT2D eigenvalue weighted by Crippen LogP contribution is -2.23. The minimum absolute atomic E-state index is 0.00101. The van der Waals surface area contributed by atoms with Crippen molar-refractivity contribution in [2.24, 2.45) is 4.99 Å². The predicted octanol–water partition coefficient (Wildman–Crippen LogP) is 2.35. The van der Waals surface area contributed by atoms with Crippen molar-refractivity contribution >= 4 is 43.3 Å². The fourth-order valence-corrected chi connectivity index (χ4v) is 4.64. The SMILES string of the molecule is CCOC(=O)Cn1c(=NC(=O)Cc2ccc(S(C)(=O)=O)cc2)sc2cc(OC)ccc21. The van der Waals surface area contributed by atoms with Crippen molar-refractivity contribution in [3.8, 4) is 5.75 Å². The van der Waals surface area contributed by atoms with E-state index >= 15 is 0 Å². The van der Waals surface area contributed by atoms with Crippen molar-refractivity contribution in [3.05, 3.63) is 52.8 Å². The van der Waals surface area contributed by atoms with E-state index in [2.05, 4.69) is 4.99 Å². The molecule has 0 spiro atoms. The van der Waals surface area contributed by atoms with Gasteiger partial charge in [0.15, 0.2) is 14.6 Å². The van der Waals surface area contributed by atoms with Gasteiger partial charge in [-0.2, -0.15) is 4.99 Å². The molecule has 8 nitrogen and oxygen atoms in total. The van der Waals surface area contributed by atoms with Crippen LogP contribution in [0.4, 0.5) is 0 Å². The molecule has 31 heavy (non-hydrogen) atoms. The summed E-state index contributed by atoms with van der Waals surface area (Å²) in [7, 11) is -1.74. The van der Waals surface area contributed by atoms with Gasteiger partial charge < -0.3 is 14.0 Å². The maximum absolute atomic E-state index is 12.6. The number of amides is 1. The van der Waals surface area contributed by atoms with Gasteiger partial charge in [0, 0.05) is 6.26 Å². The van der Waals surface area contributed by atoms with Gasteiger partial charge in [0.2, 0.25) is 0 Å². The molecule has 0 atom stereocenters. The number of benzene rings is 2. The van der Waals surface area contributed by atoms with E-state index in [-0.39, 0.29) is 24.5 Å². The lowest BCUT2D eigenvalue weighted by molar-refractivity contribution is -0.143. The van der Waals surface area contributed by atoms with E-state index in [0.29, 0.717) is 16.1 Å². The van der Waals surface area contributed by atoms with Gasteiger partial charge in [-0.05, 0) is 42.8 Å². The smallest absolute Gasteiger partial charge is 0.326 e. The first-order valence-corrected chi connectivity index (χ1v) is 12.1. The van der Waals surface area contributed by atoms with E-state index in [1.54, 1.807) is 42.9 Å². The molecule has 0 fully saturated rings. The number of hydrogen-bond acceptors (Lipinski definition) is 7. The van der Waals surface area contributed by atoms with Crippen LogP contribution < -0.4 is 9.54 Å². The number of carbonyl (C=O) groups is 2. The number of hydrogen-bond donors (Lipinski definition) is 0. The first-order valence-electron chi connectivity index (χ1n) is 9.41. The van der Waals surface area contributed by atoms with E-state index in [1.807, 2.05) is 6.07 Å². The van der Waals surface area contributed by atoms with Crippen molar-refractivity contribution in [1.29, 1.82) is 0 Å². The minimum Gasteiger partial charge on any atom is -0.497 e. The molecule has 1 aromatic heterocycles. The van der Waals surface area contributed by atoms with Crippen molar-refractivity contribution in [2.45, 2.75) is 24.8 Å². The summed E-state index contributed by atoms with van der Waals surface area (Å²) in [6.45, 7) is 1.91. The van der Waals surface area contributed by atoms with Gasteiger partial charge in [0.1, 0.15) is 12.3 Å². The molecule has 0 saturated heterocycles. The Balaban J connectivity index is 1.95. The summed E-state index contributed by atoms with van der Waals surface area (Å²) in [5, 5.41) is 0. The van der Waals surface area contributed by atoms with Crippen LogP contribution in [0.5, 0.6) is 5.75 Å². The second kappa shape index (κ2) is 9.44. The molecule has 0 N–H and O–H groups in total. The Morgan fingerprint density at radius 1 is 1.13 bits per heavy atom. The highest BCUT2D eigenvalue weighted by molar-refractivity contribution is 7.90. The maximum Gasteiger partial charge on any atom is 0.326 e. The first-order chi connectivity index (χ1) is 14.7. The second-order valence-electron chi connectivity index (χ2n) is 6.71. The molecule has 1 heterocycles. The Kier molecular flexibility index (Phi) is 6.91. The van der Waals surface area contributed by atoms with E-state index in [0.717, 1.165) is 16.5 Å². The number of carbonyl (C=O) groups excluding carboxylic acids is 2. The summed E-state index contributed by atoms with van der Waals surface area (Å²) in [6, 6.07) is 11.5. The van der Waals surface area contributed by atoms with Crippen LogP contribution in [-0.4, -0.2) is 44.8 Å². The lowest BCUT2D eigenvalue weighted by Gasteiger charge is -2.06. The second-order valence-corrected chi connectivity index (χ2v) is 9.73. The maximum atomic E-state index is 12.6. The number of sulfone groups is 1. The molecule has 1 amide bonds. The van der Waals surface area contributed by atoms with E-state index < -0.39 is 21.7 Å². The van der Waals surface area contributed by atoms with Gasteiger partial charge in [-0.3, -0.25) is 9.59 Å². The van der Waals surface area contributed by atoms with Crippen molar-refractivity contribution in [1.82, 2.24) is 4.57 Å². The molecule has 3 rings (SSSR count). The summed E-state index contributed by atoms with van der Waals surface area (Å²) in [6.07, 6.45) is 1.13. The monoisotopic (exact) mass is 462 g/mol. The van der Waals surface area contributed by atoms with Gasteiger partial charge in [0.25, 0.3) is 5.91 Å². The number of esters is 1. The average molecular weight is 463 g/mol. The van der Waals surface area contributed by atoms with E-state index in [9.17, 15) is 18.0 Å². The zero-order valence-corrected chi connectivity index (χ0v) is 19.0. The standard InChI is InChI=1S/C21H22N2O6S2/c1-4-29-20(25)13-23-17-10-7-15(28-2)12-18(17)30-21(23)22-19(24)11-14-5-8-16(9-6-14)31(3,26)27/h5-10,12H,4,11,13H2,1-3H3. The van der Waals surface area contributed by atoms with Gasteiger partial charge in [0.05, 0.1) is 35.2 Å². The number of nitrogens with zero attached hydrogens (tertiary/aromatic N) is 2. The summed E-state index contributed by atoms with van der Waals surface area (Å²) in [5.41, 5.74) is 1.38. The summed E-state index contributed by atoms with van der Waals surface area (Å²) < 4.78 is 35.9. The molecule has 10 heteroatoms. The van der Waals surface area contributed by atoms with Gasteiger partial charge >= 0.3 is 5.97 Å². The Morgan fingerprint density at radius 2 is 1.84 bits per heavy atom. The third-order valence-corrected chi connectivity index (χ3v) is 6.58. The first kappa shape index (κ1) is 22.7. The van der Waals surface area contributed by atoms with Crippen LogP contribution in [-0.2, 0) is 37.1 Å². The molecule has 3 aromatic rings. The summed E-state index contributed by atoms with van der Waals surface area (Å²) >= 11 is 1.27. The van der Waals surface area contributed by atoms with Crippen LogP contribution >= 0.6 is 11.3 Å². The molecule has 164 valence electrons. The van der Waals surface area contributed by atoms with Crippen LogP contribution in [0.15, 0.2) is 52.4 Å². The number of fused-ring (bicyclic) bond motifs is 1. The molecule has 0 radical (unpaired) electrons. The summed E-state index contributed by atoms with van der Waals surface area (Å²) in [4.78, 5) is 29.4. The highest BCUT2D eigenvalue weighted by Crippen LogP contribution is 2.23. The number of aromatic nitrogens is 1. The average Bonchev–Trinajstić information content (AvgIpc) is 3.03. The number of ether oxygens (including phenoxy) is 2. The highest BCUT2D eigenvalue weighted by atomic mass is 32.2. The van der Waals surface area contributed by atoms with Crippen LogP contribution in [0, 0.1) is 0 Å². The third kappa shape index (κ3) is 5.59. The van der Waals surface area contributed by atoms with Crippen LogP contribution in [0.3, 0.4) is 0 Å². The van der Waals surface area contributed by atoms with Crippen molar-refractivity contribution < 1.29 is 27.5 Å². The molecule has 0 bridgehead atoms. The summed E-state index contributed by atoms with van der Waals surface area (Å²) in [5.74, 6) is -0.188. The Morgan fingerprint density at radius 3 is 2.45 bits per heavy atom. The fraction of sp³-hybridized carbons (Fsp3) is 0.286. The quantitative estimate of drug-likeness (QED) is 0.499. The van der Waals surface area contributed by atoms with Crippen molar-refractivity contribution in [2.75, 3.05) is 20.0 Å². The molecule has 0 aliphatic carbocycles. The van der Waals surface area contributed by atoms with E-state index in [4.69, 9.17) is 9.47 Å². The lowest BCUT2D eigenvalue weighted by atomic mass is 10.1. The molecule has 0 unspecified atom stereocenters. The normalized spacial score (nSPS) is 12.2. The largest absolute Gasteiger partial charge is 0.497 e. The number of methoxy groups -OCH3 is 1. The van der Waals surface area contributed by atoms with Crippen molar-refractivity contribution in [3.63, 3.8) is 0 Å².